The van der Waals surface area contributed by atoms with E-state index in [4.69, 9.17) is 0 Å². The van der Waals surface area contributed by atoms with Crippen molar-refractivity contribution in [1.29, 1.82) is 0 Å². The molecule has 0 aromatic carbocycles. The van der Waals surface area contributed by atoms with Crippen LogP contribution in [0, 0.1) is 5.92 Å². The van der Waals surface area contributed by atoms with Crippen LogP contribution in [0.1, 0.15) is 38.2 Å². The van der Waals surface area contributed by atoms with Crippen LogP contribution in [0.4, 0.5) is 0 Å². The highest BCUT2D eigenvalue weighted by atomic mass is 15.1. The third kappa shape index (κ3) is 3.05. The second-order valence-corrected chi connectivity index (χ2v) is 5.28. The summed E-state index contributed by atoms with van der Waals surface area (Å²) in [4.78, 5) is 6.83. The van der Waals surface area contributed by atoms with Gasteiger partial charge in [-0.3, -0.25) is 4.98 Å². The summed E-state index contributed by atoms with van der Waals surface area (Å²) >= 11 is 0. The van der Waals surface area contributed by atoms with Crippen LogP contribution in [-0.4, -0.2) is 29.5 Å². The lowest BCUT2D eigenvalue weighted by Crippen LogP contribution is -2.36. The zero-order valence-corrected chi connectivity index (χ0v) is 10.4. The molecular weight excluding hydrogens is 196 g/mol. The molecule has 1 aliphatic heterocycles. The number of hydrogen-bond donors (Lipinski definition) is 0. The van der Waals surface area contributed by atoms with Crippen LogP contribution in [0.5, 0.6) is 0 Å². The van der Waals surface area contributed by atoms with Crippen molar-refractivity contribution in [3.63, 3.8) is 0 Å². The Morgan fingerprint density at radius 2 is 2.38 bits per heavy atom. The maximum absolute atomic E-state index is 4.23. The van der Waals surface area contributed by atoms with E-state index in [-0.39, 0.29) is 0 Å². The molecule has 2 heterocycles. The fourth-order valence-corrected chi connectivity index (χ4v) is 2.63. The second kappa shape index (κ2) is 5.44. The Hall–Kier alpha value is -0.890. The number of piperidine rings is 1. The molecule has 0 amide bonds. The van der Waals surface area contributed by atoms with Crippen molar-refractivity contribution >= 4 is 0 Å². The van der Waals surface area contributed by atoms with Gasteiger partial charge in [0.1, 0.15) is 0 Å². The quantitative estimate of drug-likeness (QED) is 0.775. The molecule has 0 bridgehead atoms. The Bertz CT molecular complexity index is 308. The number of aromatic nitrogens is 1. The Kier molecular flexibility index (Phi) is 3.94. The number of rotatable bonds is 3. The zero-order valence-electron chi connectivity index (χ0n) is 10.4. The first kappa shape index (κ1) is 11.6. The van der Waals surface area contributed by atoms with Crippen LogP contribution < -0.4 is 0 Å². The summed E-state index contributed by atoms with van der Waals surface area (Å²) < 4.78 is 0. The van der Waals surface area contributed by atoms with Crippen molar-refractivity contribution in [2.45, 2.75) is 32.6 Å². The second-order valence-electron chi connectivity index (χ2n) is 5.28. The number of likely N-dealkylation sites (tertiary alicyclic amines) is 1. The minimum absolute atomic E-state index is 0.696. The maximum Gasteiger partial charge on any atom is 0.0303 e. The molecular formula is C14H22N2. The van der Waals surface area contributed by atoms with Crippen molar-refractivity contribution < 1.29 is 0 Å². The van der Waals surface area contributed by atoms with E-state index in [1.54, 1.807) is 0 Å². The van der Waals surface area contributed by atoms with Gasteiger partial charge in [-0.1, -0.05) is 19.9 Å². The number of pyridine rings is 1. The molecule has 0 aliphatic carbocycles. The van der Waals surface area contributed by atoms with Gasteiger partial charge < -0.3 is 4.90 Å². The lowest BCUT2D eigenvalue weighted by atomic mass is 9.91. The standard InChI is InChI=1S/C14H22N2/c1-12(2)10-16-8-4-6-14(11-16)13-5-3-7-15-9-13/h3,5,7,9,12,14H,4,6,8,10-11H2,1-2H3. The molecule has 0 saturated carbocycles. The topological polar surface area (TPSA) is 16.1 Å². The van der Waals surface area contributed by atoms with Crippen molar-refractivity contribution in [3.05, 3.63) is 30.1 Å². The SMILES string of the molecule is CC(C)CN1CCCC(c2cccnc2)C1. The van der Waals surface area contributed by atoms with Gasteiger partial charge in [-0.05, 0) is 42.9 Å². The minimum Gasteiger partial charge on any atom is -0.302 e. The van der Waals surface area contributed by atoms with Gasteiger partial charge in [-0.2, -0.15) is 0 Å². The summed E-state index contributed by atoms with van der Waals surface area (Å²) in [7, 11) is 0. The van der Waals surface area contributed by atoms with E-state index in [1.165, 1.54) is 38.0 Å². The molecule has 1 aliphatic rings. The summed E-state index contributed by atoms with van der Waals surface area (Å²) in [5.74, 6) is 1.47. The monoisotopic (exact) mass is 218 g/mol. The van der Waals surface area contributed by atoms with E-state index in [0.29, 0.717) is 5.92 Å². The van der Waals surface area contributed by atoms with Crippen molar-refractivity contribution in [2.75, 3.05) is 19.6 Å². The first-order valence-corrected chi connectivity index (χ1v) is 6.38. The normalized spacial score (nSPS) is 22.6. The molecule has 2 rings (SSSR count). The molecule has 88 valence electrons. The van der Waals surface area contributed by atoms with Gasteiger partial charge >= 0.3 is 0 Å². The Morgan fingerprint density at radius 3 is 3.06 bits per heavy atom. The summed E-state index contributed by atoms with van der Waals surface area (Å²) in [6.45, 7) is 8.32. The van der Waals surface area contributed by atoms with Crippen molar-refractivity contribution in [2.24, 2.45) is 5.92 Å². The molecule has 2 nitrogen and oxygen atoms in total. The number of hydrogen-bond acceptors (Lipinski definition) is 2. The Labute approximate surface area is 98.7 Å². The molecule has 16 heavy (non-hydrogen) atoms. The van der Waals surface area contributed by atoms with E-state index < -0.39 is 0 Å². The van der Waals surface area contributed by atoms with Crippen molar-refractivity contribution in [1.82, 2.24) is 9.88 Å². The van der Waals surface area contributed by atoms with Crippen molar-refractivity contribution in [3.8, 4) is 0 Å². The molecule has 0 radical (unpaired) electrons. The molecule has 1 aromatic rings. The highest BCUT2D eigenvalue weighted by Crippen LogP contribution is 2.26. The average molecular weight is 218 g/mol. The van der Waals surface area contributed by atoms with Crippen LogP contribution in [0.3, 0.4) is 0 Å². The summed E-state index contributed by atoms with van der Waals surface area (Å²) in [5, 5.41) is 0. The zero-order chi connectivity index (χ0) is 11.4. The highest BCUT2D eigenvalue weighted by Gasteiger charge is 2.21. The van der Waals surface area contributed by atoms with Crippen LogP contribution in [-0.2, 0) is 0 Å². The maximum atomic E-state index is 4.23. The average Bonchev–Trinajstić information content (AvgIpc) is 2.30. The van der Waals surface area contributed by atoms with Crippen LogP contribution >= 0.6 is 0 Å². The molecule has 0 N–H and O–H groups in total. The molecule has 2 heteroatoms. The fraction of sp³-hybridized carbons (Fsp3) is 0.643. The largest absolute Gasteiger partial charge is 0.302 e. The van der Waals surface area contributed by atoms with Gasteiger partial charge in [-0.25, -0.2) is 0 Å². The van der Waals surface area contributed by atoms with E-state index in [2.05, 4.69) is 35.9 Å². The molecule has 0 spiro atoms. The summed E-state index contributed by atoms with van der Waals surface area (Å²) in [6, 6.07) is 4.27. The third-order valence-electron chi connectivity index (χ3n) is 3.28. The fourth-order valence-electron chi connectivity index (χ4n) is 2.63. The molecule has 1 aromatic heterocycles. The van der Waals surface area contributed by atoms with Gasteiger partial charge in [0, 0.05) is 25.5 Å². The Balaban J connectivity index is 1.97. The van der Waals surface area contributed by atoms with Crippen LogP contribution in [0.25, 0.3) is 0 Å². The van der Waals surface area contributed by atoms with Gasteiger partial charge in [0.05, 0.1) is 0 Å². The van der Waals surface area contributed by atoms with Crippen LogP contribution in [0.2, 0.25) is 0 Å². The van der Waals surface area contributed by atoms with Gasteiger partial charge in [0.15, 0.2) is 0 Å². The molecule has 1 atom stereocenters. The van der Waals surface area contributed by atoms with E-state index in [1.807, 2.05) is 12.4 Å². The van der Waals surface area contributed by atoms with Gasteiger partial charge in [-0.15, -0.1) is 0 Å². The smallest absolute Gasteiger partial charge is 0.0303 e. The molecule has 1 unspecified atom stereocenters. The molecule has 1 fully saturated rings. The van der Waals surface area contributed by atoms with E-state index in [9.17, 15) is 0 Å². The third-order valence-corrected chi connectivity index (χ3v) is 3.28. The van der Waals surface area contributed by atoms with Crippen LogP contribution in [0.15, 0.2) is 24.5 Å². The van der Waals surface area contributed by atoms with E-state index in [0.717, 1.165) is 5.92 Å². The first-order chi connectivity index (χ1) is 7.75. The predicted octanol–water partition coefficient (Wildman–Crippen LogP) is 2.92. The van der Waals surface area contributed by atoms with Gasteiger partial charge in [0.2, 0.25) is 0 Å². The van der Waals surface area contributed by atoms with Gasteiger partial charge in [0.25, 0.3) is 0 Å². The highest BCUT2D eigenvalue weighted by molar-refractivity contribution is 5.15. The summed E-state index contributed by atoms with van der Waals surface area (Å²) in [6.07, 6.45) is 6.54. The Morgan fingerprint density at radius 1 is 1.50 bits per heavy atom. The minimum atomic E-state index is 0.696. The predicted molar refractivity (Wildman–Crippen MR) is 67.5 cm³/mol. The molecule has 1 saturated heterocycles. The first-order valence-electron chi connectivity index (χ1n) is 6.38. The number of nitrogens with zero attached hydrogens (tertiary/aromatic N) is 2. The van der Waals surface area contributed by atoms with E-state index >= 15 is 0 Å². The lowest BCUT2D eigenvalue weighted by Gasteiger charge is -2.33. The lowest BCUT2D eigenvalue weighted by molar-refractivity contribution is 0.188. The summed E-state index contributed by atoms with van der Waals surface area (Å²) in [5.41, 5.74) is 1.41.